The van der Waals surface area contributed by atoms with Gasteiger partial charge in [-0.2, -0.15) is 0 Å². The maximum Gasteiger partial charge on any atom is 0.303 e. The standard InChI is InChI=1S/C32H32ClNO4/c1-20-16-28(33)30(17-21(20)2)38-19-23-14-15-25(10-7-13-31(35)36)29(18-23)34-32(37)22(3)26-12-6-9-24-8-4-5-11-27(24)26/h4-6,8-9,11-12,14-18,22H,7,10,13,19H2,1-3H3,(H,34,37)(H,35,36). The van der Waals surface area contributed by atoms with Crippen LogP contribution < -0.4 is 10.1 Å². The molecule has 0 bridgehead atoms. The molecule has 0 heterocycles. The molecule has 0 aliphatic carbocycles. The number of amides is 1. The van der Waals surface area contributed by atoms with E-state index in [1.54, 1.807) is 0 Å². The Kier molecular flexibility index (Phi) is 8.70. The van der Waals surface area contributed by atoms with E-state index in [-0.39, 0.29) is 24.9 Å². The quantitative estimate of drug-likeness (QED) is 0.219. The second-order valence-corrected chi connectivity index (χ2v) is 10.1. The van der Waals surface area contributed by atoms with E-state index < -0.39 is 5.97 Å². The summed E-state index contributed by atoms with van der Waals surface area (Å²) in [4.78, 5) is 24.5. The van der Waals surface area contributed by atoms with Crippen LogP contribution >= 0.6 is 11.6 Å². The van der Waals surface area contributed by atoms with Gasteiger partial charge in [-0.05, 0) is 90.4 Å². The molecule has 1 unspecified atom stereocenters. The zero-order valence-corrected chi connectivity index (χ0v) is 22.6. The van der Waals surface area contributed by atoms with Crippen LogP contribution in [0.3, 0.4) is 0 Å². The topological polar surface area (TPSA) is 75.6 Å². The maximum absolute atomic E-state index is 13.4. The predicted molar refractivity (Wildman–Crippen MR) is 153 cm³/mol. The highest BCUT2D eigenvalue weighted by molar-refractivity contribution is 6.32. The first kappa shape index (κ1) is 27.2. The Morgan fingerprint density at radius 2 is 1.71 bits per heavy atom. The highest BCUT2D eigenvalue weighted by Gasteiger charge is 2.19. The summed E-state index contributed by atoms with van der Waals surface area (Å²) in [6.45, 7) is 6.19. The second-order valence-electron chi connectivity index (χ2n) is 9.67. The van der Waals surface area contributed by atoms with E-state index in [0.29, 0.717) is 29.3 Å². The van der Waals surface area contributed by atoms with Crippen molar-refractivity contribution >= 4 is 39.9 Å². The molecule has 1 amide bonds. The summed E-state index contributed by atoms with van der Waals surface area (Å²) in [7, 11) is 0. The Hall–Kier alpha value is -3.83. The highest BCUT2D eigenvalue weighted by Crippen LogP contribution is 2.30. The number of benzene rings is 4. The molecule has 0 aliphatic heterocycles. The van der Waals surface area contributed by atoms with Crippen molar-refractivity contribution in [3.05, 3.63) is 106 Å². The van der Waals surface area contributed by atoms with Crippen LogP contribution in [0, 0.1) is 13.8 Å². The fraction of sp³-hybridized carbons (Fsp3) is 0.250. The van der Waals surface area contributed by atoms with Crippen molar-refractivity contribution in [3.8, 4) is 5.75 Å². The van der Waals surface area contributed by atoms with Crippen molar-refractivity contribution in [2.45, 2.75) is 52.6 Å². The van der Waals surface area contributed by atoms with Crippen LogP contribution in [0.5, 0.6) is 5.75 Å². The number of carbonyl (C=O) groups excluding carboxylic acids is 1. The van der Waals surface area contributed by atoms with Gasteiger partial charge in [0, 0.05) is 12.1 Å². The first-order valence-corrected chi connectivity index (χ1v) is 13.1. The summed E-state index contributed by atoms with van der Waals surface area (Å²) in [5.74, 6) is -0.746. The number of aliphatic carboxylic acids is 1. The molecule has 0 spiro atoms. The van der Waals surface area contributed by atoms with E-state index in [9.17, 15) is 9.59 Å². The van der Waals surface area contributed by atoms with E-state index in [0.717, 1.165) is 38.6 Å². The molecule has 0 radical (unpaired) electrons. The Balaban J connectivity index is 1.57. The van der Waals surface area contributed by atoms with Crippen molar-refractivity contribution in [1.29, 1.82) is 0 Å². The van der Waals surface area contributed by atoms with Gasteiger partial charge in [-0.25, -0.2) is 0 Å². The molecule has 4 aromatic rings. The predicted octanol–water partition coefficient (Wildman–Crippen LogP) is 7.84. The molecule has 6 heteroatoms. The van der Waals surface area contributed by atoms with Crippen LogP contribution in [0.4, 0.5) is 5.69 Å². The van der Waals surface area contributed by atoms with Gasteiger partial charge >= 0.3 is 5.97 Å². The highest BCUT2D eigenvalue weighted by atomic mass is 35.5. The molecule has 0 saturated carbocycles. The van der Waals surface area contributed by atoms with Gasteiger partial charge in [0.25, 0.3) is 0 Å². The molecule has 0 fully saturated rings. The molecule has 38 heavy (non-hydrogen) atoms. The van der Waals surface area contributed by atoms with Crippen molar-refractivity contribution in [2.24, 2.45) is 0 Å². The lowest BCUT2D eigenvalue weighted by atomic mass is 9.94. The van der Waals surface area contributed by atoms with Crippen LogP contribution in [0.15, 0.2) is 72.8 Å². The first-order chi connectivity index (χ1) is 18.2. The maximum atomic E-state index is 13.4. The number of halogens is 1. The summed E-state index contributed by atoms with van der Waals surface area (Å²) in [6.07, 6.45) is 1.08. The monoisotopic (exact) mass is 529 g/mol. The Morgan fingerprint density at radius 1 is 0.974 bits per heavy atom. The fourth-order valence-corrected chi connectivity index (χ4v) is 4.79. The van der Waals surface area contributed by atoms with Gasteiger partial charge < -0.3 is 15.2 Å². The number of hydrogen-bond acceptors (Lipinski definition) is 3. The molecule has 0 saturated heterocycles. The van der Waals surface area contributed by atoms with E-state index >= 15 is 0 Å². The van der Waals surface area contributed by atoms with Crippen LogP contribution in [0.1, 0.15) is 53.5 Å². The third-order valence-corrected chi connectivity index (χ3v) is 7.19. The van der Waals surface area contributed by atoms with Crippen molar-refractivity contribution in [1.82, 2.24) is 0 Å². The van der Waals surface area contributed by atoms with Gasteiger partial charge in [-0.1, -0.05) is 66.2 Å². The SMILES string of the molecule is Cc1cc(Cl)c(OCc2ccc(CCCC(=O)O)c(NC(=O)C(C)c3cccc4ccccc34)c2)cc1C. The van der Waals surface area contributed by atoms with Crippen molar-refractivity contribution in [2.75, 3.05) is 5.32 Å². The van der Waals surface area contributed by atoms with Crippen LogP contribution in [0.25, 0.3) is 10.8 Å². The Bertz CT molecular complexity index is 1470. The molecule has 0 aromatic heterocycles. The molecule has 1 atom stereocenters. The number of fused-ring (bicyclic) bond motifs is 1. The minimum atomic E-state index is -0.838. The molecular formula is C32H32ClNO4. The third-order valence-electron chi connectivity index (χ3n) is 6.89. The molecule has 196 valence electrons. The average Bonchev–Trinajstić information content (AvgIpc) is 2.90. The first-order valence-electron chi connectivity index (χ1n) is 12.7. The van der Waals surface area contributed by atoms with E-state index in [2.05, 4.69) is 5.32 Å². The smallest absolute Gasteiger partial charge is 0.303 e. The summed E-state index contributed by atoms with van der Waals surface area (Å²) in [5.41, 5.74) is 5.57. The van der Waals surface area contributed by atoms with E-state index in [1.165, 1.54) is 0 Å². The lowest BCUT2D eigenvalue weighted by Crippen LogP contribution is -2.20. The largest absolute Gasteiger partial charge is 0.487 e. The molecular weight excluding hydrogens is 498 g/mol. The van der Waals surface area contributed by atoms with Crippen LogP contribution in [-0.2, 0) is 22.6 Å². The minimum absolute atomic E-state index is 0.0654. The second kappa shape index (κ2) is 12.1. The van der Waals surface area contributed by atoms with Crippen molar-refractivity contribution < 1.29 is 19.4 Å². The number of hydrogen-bond donors (Lipinski definition) is 2. The molecule has 4 aromatic carbocycles. The van der Waals surface area contributed by atoms with Gasteiger partial charge in [-0.15, -0.1) is 0 Å². The van der Waals surface area contributed by atoms with Gasteiger partial charge in [0.1, 0.15) is 12.4 Å². The number of nitrogens with one attached hydrogen (secondary N) is 1. The van der Waals surface area contributed by atoms with Gasteiger partial charge in [0.05, 0.1) is 10.9 Å². The van der Waals surface area contributed by atoms with Crippen LogP contribution in [-0.4, -0.2) is 17.0 Å². The molecule has 5 nitrogen and oxygen atoms in total. The number of rotatable bonds is 10. The van der Waals surface area contributed by atoms with Crippen LogP contribution in [0.2, 0.25) is 5.02 Å². The zero-order valence-electron chi connectivity index (χ0n) is 21.9. The van der Waals surface area contributed by atoms with Gasteiger partial charge in [0.15, 0.2) is 0 Å². The minimum Gasteiger partial charge on any atom is -0.487 e. The molecule has 2 N–H and O–H groups in total. The number of aryl methyl sites for hydroxylation is 3. The van der Waals surface area contributed by atoms with E-state index in [1.807, 2.05) is 93.6 Å². The number of ether oxygens (including phenoxy) is 1. The summed E-state index contributed by atoms with van der Waals surface area (Å²) >= 11 is 6.38. The van der Waals surface area contributed by atoms with Crippen molar-refractivity contribution in [3.63, 3.8) is 0 Å². The number of anilines is 1. The van der Waals surface area contributed by atoms with Gasteiger partial charge in [-0.3, -0.25) is 9.59 Å². The molecule has 4 rings (SSSR count). The summed E-state index contributed by atoms with van der Waals surface area (Å²) < 4.78 is 6.01. The fourth-order valence-electron chi connectivity index (χ4n) is 4.51. The summed E-state index contributed by atoms with van der Waals surface area (Å²) in [5, 5.41) is 14.9. The van der Waals surface area contributed by atoms with E-state index in [4.69, 9.17) is 21.4 Å². The average molecular weight is 530 g/mol. The third kappa shape index (κ3) is 6.53. The zero-order chi connectivity index (χ0) is 27.2. The normalized spacial score (nSPS) is 11.8. The Morgan fingerprint density at radius 3 is 2.50 bits per heavy atom. The number of carbonyl (C=O) groups is 2. The lowest BCUT2D eigenvalue weighted by molar-refractivity contribution is -0.137. The van der Waals surface area contributed by atoms with Gasteiger partial charge in [0.2, 0.25) is 5.91 Å². The number of carboxylic acid groups (broad SMARTS) is 1. The lowest BCUT2D eigenvalue weighted by Gasteiger charge is -2.18. The Labute approximate surface area is 228 Å². The summed E-state index contributed by atoms with van der Waals surface area (Å²) in [6, 6.07) is 23.6. The number of carboxylic acids is 1. The molecule has 0 aliphatic rings.